The number of hydrogen-bond donors (Lipinski definition) is 2. The number of rotatable bonds is 6. The molecule has 2 aromatic rings. The summed E-state index contributed by atoms with van der Waals surface area (Å²) < 4.78 is 3.87. The molecule has 2 aromatic carbocycles. The van der Waals surface area contributed by atoms with E-state index < -0.39 is 0 Å². The highest BCUT2D eigenvalue weighted by molar-refractivity contribution is 9.10. The Morgan fingerprint density at radius 1 is 1.26 bits per heavy atom. The third kappa shape index (κ3) is 5.04. The van der Waals surface area contributed by atoms with Crippen LogP contribution in [-0.4, -0.2) is 10.4 Å². The quantitative estimate of drug-likeness (QED) is 0.226. The van der Waals surface area contributed by atoms with Crippen LogP contribution in [-0.2, 0) is 0 Å². The van der Waals surface area contributed by atoms with E-state index in [4.69, 9.17) is 11.6 Å². The molecule has 2 N–H and O–H groups in total. The number of hydrogen-bond acceptors (Lipinski definition) is 6. The molecule has 0 unspecified atom stereocenters. The van der Waals surface area contributed by atoms with Gasteiger partial charge in [0.05, 0.1) is 15.5 Å². The fourth-order valence-electron chi connectivity index (χ4n) is 1.75. The van der Waals surface area contributed by atoms with Crippen LogP contribution in [0.4, 0.5) is 11.4 Å². The zero-order chi connectivity index (χ0) is 17.0. The molecule has 23 heavy (non-hydrogen) atoms. The van der Waals surface area contributed by atoms with Crippen LogP contribution < -0.4 is 4.72 Å². The highest BCUT2D eigenvalue weighted by Crippen LogP contribution is 2.42. The van der Waals surface area contributed by atoms with E-state index in [1.165, 1.54) is 23.7 Å². The monoisotopic (exact) mass is 432 g/mol. The normalized spacial score (nSPS) is 10.8. The first-order valence-corrected chi connectivity index (χ1v) is 9.52. The molecule has 0 aliphatic heterocycles. The van der Waals surface area contributed by atoms with Crippen molar-refractivity contribution in [3.05, 3.63) is 44.7 Å². The summed E-state index contributed by atoms with van der Waals surface area (Å²) in [5, 5.41) is 14.2. The molecule has 2 rings (SSSR count). The summed E-state index contributed by atoms with van der Waals surface area (Å²) in [6.07, 6.45) is 0. The van der Waals surface area contributed by atoms with Crippen LogP contribution in [0.5, 0.6) is 5.75 Å². The Labute approximate surface area is 156 Å². The van der Waals surface area contributed by atoms with Crippen molar-refractivity contribution in [3.8, 4) is 5.75 Å². The third-order valence-corrected chi connectivity index (χ3v) is 5.31. The molecule has 0 spiro atoms. The smallest absolute Gasteiger partial charge is 0.153 e. The molecule has 4 nitrogen and oxygen atoms in total. The van der Waals surface area contributed by atoms with E-state index in [1.807, 2.05) is 13.8 Å². The van der Waals surface area contributed by atoms with E-state index in [2.05, 4.69) is 25.8 Å². The second kappa shape index (κ2) is 8.28. The predicted octanol–water partition coefficient (Wildman–Crippen LogP) is 6.83. The number of anilines is 1. The van der Waals surface area contributed by atoms with E-state index in [0.717, 1.165) is 4.47 Å². The van der Waals surface area contributed by atoms with Crippen LogP contribution in [0.3, 0.4) is 0 Å². The van der Waals surface area contributed by atoms with Gasteiger partial charge in [0.15, 0.2) is 5.75 Å². The molecule has 0 atom stereocenters. The number of phenols is 1. The van der Waals surface area contributed by atoms with Crippen molar-refractivity contribution in [1.82, 2.24) is 0 Å². The topological polar surface area (TPSA) is 61.7 Å². The maximum absolute atomic E-state index is 10.9. The lowest BCUT2D eigenvalue weighted by Gasteiger charge is -2.13. The Bertz CT molecular complexity index is 729. The van der Waals surface area contributed by atoms with Crippen LogP contribution in [0.2, 0.25) is 5.02 Å². The van der Waals surface area contributed by atoms with Gasteiger partial charge in [0.2, 0.25) is 0 Å². The lowest BCUT2D eigenvalue weighted by atomic mass is 10.3. The number of aromatic hydroxyl groups is 1. The number of halogens is 2. The summed E-state index contributed by atoms with van der Waals surface area (Å²) >= 11 is 12.2. The first kappa shape index (κ1) is 18.4. The number of nitrogens with one attached hydrogen (secondary N) is 1. The van der Waals surface area contributed by atoms with Gasteiger partial charge in [-0.05, 0) is 47.5 Å². The third-order valence-electron chi connectivity index (χ3n) is 2.69. The lowest BCUT2D eigenvalue weighted by molar-refractivity contribution is 0.465. The van der Waals surface area contributed by atoms with Crippen LogP contribution >= 0.6 is 51.2 Å². The highest BCUT2D eigenvalue weighted by Gasteiger charge is 2.13. The van der Waals surface area contributed by atoms with Crippen LogP contribution in [0, 0.1) is 4.91 Å². The van der Waals surface area contributed by atoms with Gasteiger partial charge in [-0.3, -0.25) is 0 Å². The largest absolute Gasteiger partial charge is 0.505 e. The van der Waals surface area contributed by atoms with E-state index >= 15 is 0 Å². The Morgan fingerprint density at radius 3 is 2.65 bits per heavy atom. The lowest BCUT2D eigenvalue weighted by Crippen LogP contribution is -1.92. The molecule has 0 radical (unpaired) electrons. The Balaban J connectivity index is 2.25. The molecule has 0 aromatic heterocycles. The van der Waals surface area contributed by atoms with Gasteiger partial charge < -0.3 is 9.83 Å². The zero-order valence-electron chi connectivity index (χ0n) is 12.3. The Kier molecular flexibility index (Phi) is 6.64. The van der Waals surface area contributed by atoms with Crippen molar-refractivity contribution >= 4 is 62.6 Å². The molecular formula is C15H14BrClN2O2S2. The SMILES string of the molecule is CC(C)Sc1cc(Cl)cc(NSc2cc(Br)ccc2N=O)c1O. The van der Waals surface area contributed by atoms with Crippen molar-refractivity contribution in [2.24, 2.45) is 5.18 Å². The number of thioether (sulfide) groups is 1. The molecule has 0 aliphatic carbocycles. The minimum absolute atomic E-state index is 0.135. The maximum Gasteiger partial charge on any atom is 0.153 e. The summed E-state index contributed by atoms with van der Waals surface area (Å²) in [6.45, 7) is 4.08. The van der Waals surface area contributed by atoms with E-state index in [1.54, 1.807) is 30.3 Å². The van der Waals surface area contributed by atoms with Crippen molar-refractivity contribution in [1.29, 1.82) is 0 Å². The summed E-state index contributed by atoms with van der Waals surface area (Å²) in [4.78, 5) is 12.2. The minimum atomic E-state index is 0.135. The van der Waals surface area contributed by atoms with Gasteiger partial charge in [0, 0.05) is 14.7 Å². The summed E-state index contributed by atoms with van der Waals surface area (Å²) in [6, 6.07) is 8.52. The first-order chi connectivity index (χ1) is 10.9. The van der Waals surface area contributed by atoms with Crippen LogP contribution in [0.15, 0.2) is 49.8 Å². The number of benzene rings is 2. The van der Waals surface area contributed by atoms with Gasteiger partial charge in [0.25, 0.3) is 0 Å². The molecule has 0 aliphatic rings. The Hall–Kier alpha value is -0.890. The molecule has 0 heterocycles. The van der Waals surface area contributed by atoms with Gasteiger partial charge in [-0.1, -0.05) is 41.4 Å². The van der Waals surface area contributed by atoms with Gasteiger partial charge in [0.1, 0.15) is 5.69 Å². The minimum Gasteiger partial charge on any atom is -0.505 e. The van der Waals surface area contributed by atoms with Crippen molar-refractivity contribution < 1.29 is 5.11 Å². The second-order valence-corrected chi connectivity index (χ2v) is 8.69. The fourth-order valence-corrected chi connectivity index (χ4v) is 4.24. The number of nitrogens with zero attached hydrogens (tertiary/aromatic N) is 1. The van der Waals surface area contributed by atoms with Crippen molar-refractivity contribution in [2.45, 2.75) is 28.9 Å². The standard InChI is InChI=1S/C15H14BrClN2O2S2/c1-8(2)22-14-7-10(17)6-12(15(14)20)19-23-13-5-9(16)3-4-11(13)18-21/h3-8,19-20H,1-2H3. The summed E-state index contributed by atoms with van der Waals surface area (Å²) in [7, 11) is 0. The molecule has 0 saturated heterocycles. The van der Waals surface area contributed by atoms with Crippen molar-refractivity contribution in [3.63, 3.8) is 0 Å². The maximum atomic E-state index is 10.9. The average Bonchev–Trinajstić information content (AvgIpc) is 2.48. The molecule has 8 heteroatoms. The second-order valence-electron chi connectivity index (χ2n) is 4.87. The molecule has 122 valence electrons. The van der Waals surface area contributed by atoms with Gasteiger partial charge in [-0.2, -0.15) is 0 Å². The van der Waals surface area contributed by atoms with Crippen LogP contribution in [0.25, 0.3) is 0 Å². The van der Waals surface area contributed by atoms with Gasteiger partial charge in [-0.15, -0.1) is 16.7 Å². The van der Waals surface area contributed by atoms with Gasteiger partial charge >= 0.3 is 0 Å². The van der Waals surface area contributed by atoms with E-state index in [9.17, 15) is 10.0 Å². The van der Waals surface area contributed by atoms with Gasteiger partial charge in [-0.25, -0.2) is 0 Å². The predicted molar refractivity (Wildman–Crippen MR) is 103 cm³/mol. The molecule has 0 bridgehead atoms. The average molecular weight is 434 g/mol. The van der Waals surface area contributed by atoms with Crippen LogP contribution in [0.1, 0.15) is 13.8 Å². The van der Waals surface area contributed by atoms with Crippen molar-refractivity contribution in [2.75, 3.05) is 4.72 Å². The van der Waals surface area contributed by atoms with E-state index in [-0.39, 0.29) is 5.75 Å². The molecule has 0 amide bonds. The number of nitroso groups, excluding NO2 is 1. The molecule has 0 saturated carbocycles. The molecular weight excluding hydrogens is 420 g/mol. The zero-order valence-corrected chi connectivity index (χ0v) is 16.3. The summed E-state index contributed by atoms with van der Waals surface area (Å²) in [5.41, 5.74) is 0.812. The highest BCUT2D eigenvalue weighted by atomic mass is 79.9. The molecule has 0 fully saturated rings. The first-order valence-electron chi connectivity index (χ1n) is 6.65. The van der Waals surface area contributed by atoms with E-state index in [0.29, 0.717) is 31.4 Å². The number of phenolic OH excluding ortho intramolecular Hbond substituents is 1. The Morgan fingerprint density at radius 2 is 2.00 bits per heavy atom. The summed E-state index contributed by atoms with van der Waals surface area (Å²) in [5.74, 6) is 0.135. The fraction of sp³-hybridized carbons (Fsp3) is 0.200.